The molecular formula is C8H15NO. The third-order valence-corrected chi connectivity index (χ3v) is 1.61. The van der Waals surface area contributed by atoms with Gasteiger partial charge in [-0.15, -0.1) is 0 Å². The summed E-state index contributed by atoms with van der Waals surface area (Å²) in [5.74, 6) is 0. The van der Waals surface area contributed by atoms with E-state index in [9.17, 15) is 0 Å². The highest BCUT2D eigenvalue weighted by Gasteiger charge is 2.01. The summed E-state index contributed by atoms with van der Waals surface area (Å²) in [5, 5.41) is 3.27. The van der Waals surface area contributed by atoms with Gasteiger partial charge >= 0.3 is 0 Å². The topological polar surface area (TPSA) is 21.3 Å². The quantitative estimate of drug-likeness (QED) is 0.639. The third kappa shape index (κ3) is 2.40. The maximum Gasteiger partial charge on any atom is 0.0876 e. The molecule has 0 spiro atoms. The minimum atomic E-state index is 0.898. The maximum atomic E-state index is 5.18. The maximum absolute atomic E-state index is 5.18. The fourth-order valence-corrected chi connectivity index (χ4v) is 1.03. The van der Waals surface area contributed by atoms with E-state index in [4.69, 9.17) is 4.74 Å². The lowest BCUT2D eigenvalue weighted by Crippen LogP contribution is -2.17. The Labute approximate surface area is 62.3 Å². The Kier molecular flexibility index (Phi) is 3.30. The van der Waals surface area contributed by atoms with E-state index in [0.717, 1.165) is 19.7 Å². The van der Waals surface area contributed by atoms with Crippen molar-refractivity contribution < 1.29 is 4.74 Å². The van der Waals surface area contributed by atoms with Gasteiger partial charge in [0.15, 0.2) is 0 Å². The molecular weight excluding hydrogens is 126 g/mol. The standard InChI is InChI=1S/C8H15NO/c1-2-9-6-8-4-3-5-10-7-8/h7,9H,2-6H2,1H3. The summed E-state index contributed by atoms with van der Waals surface area (Å²) in [4.78, 5) is 0. The van der Waals surface area contributed by atoms with Crippen molar-refractivity contribution in [2.45, 2.75) is 19.8 Å². The summed E-state index contributed by atoms with van der Waals surface area (Å²) in [7, 11) is 0. The number of hydrogen-bond donors (Lipinski definition) is 1. The molecule has 0 radical (unpaired) electrons. The first-order chi connectivity index (χ1) is 4.93. The molecule has 0 bridgehead atoms. The van der Waals surface area contributed by atoms with Crippen LogP contribution in [0, 0.1) is 0 Å². The second kappa shape index (κ2) is 4.34. The normalized spacial score (nSPS) is 17.9. The molecule has 0 saturated carbocycles. The van der Waals surface area contributed by atoms with Crippen molar-refractivity contribution in [3.05, 3.63) is 11.8 Å². The molecule has 1 heterocycles. The van der Waals surface area contributed by atoms with Gasteiger partial charge in [-0.3, -0.25) is 0 Å². The number of ether oxygens (including phenoxy) is 1. The van der Waals surface area contributed by atoms with Gasteiger partial charge in [0.2, 0.25) is 0 Å². The predicted molar refractivity (Wildman–Crippen MR) is 41.8 cm³/mol. The van der Waals surface area contributed by atoms with Crippen molar-refractivity contribution in [2.75, 3.05) is 19.7 Å². The molecule has 10 heavy (non-hydrogen) atoms. The van der Waals surface area contributed by atoms with E-state index in [2.05, 4.69) is 12.2 Å². The molecule has 0 unspecified atom stereocenters. The molecule has 0 saturated heterocycles. The summed E-state index contributed by atoms with van der Waals surface area (Å²) >= 11 is 0. The molecule has 2 heteroatoms. The van der Waals surface area contributed by atoms with Gasteiger partial charge in [0.1, 0.15) is 0 Å². The molecule has 0 fully saturated rings. The van der Waals surface area contributed by atoms with Crippen molar-refractivity contribution >= 4 is 0 Å². The highest BCUT2D eigenvalue weighted by molar-refractivity contribution is 5.02. The summed E-state index contributed by atoms with van der Waals surface area (Å²) in [5.41, 5.74) is 1.40. The highest BCUT2D eigenvalue weighted by Crippen LogP contribution is 2.09. The number of nitrogens with one attached hydrogen (secondary N) is 1. The molecule has 0 aromatic rings. The van der Waals surface area contributed by atoms with Crippen LogP contribution < -0.4 is 5.32 Å². The first-order valence-corrected chi connectivity index (χ1v) is 3.93. The summed E-state index contributed by atoms with van der Waals surface area (Å²) in [6.07, 6.45) is 4.27. The fraction of sp³-hybridized carbons (Fsp3) is 0.750. The van der Waals surface area contributed by atoms with E-state index in [1.165, 1.54) is 18.4 Å². The predicted octanol–water partition coefficient (Wildman–Crippen LogP) is 1.29. The van der Waals surface area contributed by atoms with E-state index < -0.39 is 0 Å². The Morgan fingerprint density at radius 3 is 3.20 bits per heavy atom. The van der Waals surface area contributed by atoms with Crippen LogP contribution in [0.5, 0.6) is 0 Å². The first kappa shape index (κ1) is 7.61. The average molecular weight is 141 g/mol. The second-order valence-corrected chi connectivity index (χ2v) is 2.53. The molecule has 2 nitrogen and oxygen atoms in total. The van der Waals surface area contributed by atoms with Crippen molar-refractivity contribution in [1.82, 2.24) is 5.32 Å². The summed E-state index contributed by atoms with van der Waals surface area (Å²) < 4.78 is 5.18. The van der Waals surface area contributed by atoms with Crippen molar-refractivity contribution in [2.24, 2.45) is 0 Å². The number of likely N-dealkylation sites (N-methyl/N-ethyl adjacent to an activating group) is 1. The van der Waals surface area contributed by atoms with E-state index in [-0.39, 0.29) is 0 Å². The van der Waals surface area contributed by atoms with Crippen LogP contribution in [0.1, 0.15) is 19.8 Å². The Hall–Kier alpha value is -0.500. The van der Waals surface area contributed by atoms with Crippen LogP contribution in [0.4, 0.5) is 0 Å². The molecule has 1 aliphatic rings. The Balaban J connectivity index is 2.18. The van der Waals surface area contributed by atoms with Gasteiger partial charge in [-0.05, 0) is 25.0 Å². The molecule has 1 aliphatic heterocycles. The average Bonchev–Trinajstić information content (AvgIpc) is 2.03. The van der Waals surface area contributed by atoms with Gasteiger partial charge in [0.25, 0.3) is 0 Å². The SMILES string of the molecule is CCNCC1=COCCC1. The van der Waals surface area contributed by atoms with E-state index in [0.29, 0.717) is 0 Å². The van der Waals surface area contributed by atoms with Crippen LogP contribution in [-0.4, -0.2) is 19.7 Å². The minimum Gasteiger partial charge on any atom is -0.501 e. The van der Waals surface area contributed by atoms with Gasteiger partial charge in [-0.1, -0.05) is 6.92 Å². The lowest BCUT2D eigenvalue weighted by Gasteiger charge is -2.13. The van der Waals surface area contributed by atoms with Crippen LogP contribution in [0.2, 0.25) is 0 Å². The highest BCUT2D eigenvalue weighted by atomic mass is 16.5. The van der Waals surface area contributed by atoms with Gasteiger partial charge < -0.3 is 10.1 Å². The molecule has 1 N–H and O–H groups in total. The van der Waals surface area contributed by atoms with Gasteiger partial charge in [-0.2, -0.15) is 0 Å². The Morgan fingerprint density at radius 2 is 2.60 bits per heavy atom. The van der Waals surface area contributed by atoms with Gasteiger partial charge in [0, 0.05) is 6.54 Å². The Bertz CT molecular complexity index is 120. The van der Waals surface area contributed by atoms with Gasteiger partial charge in [-0.25, -0.2) is 0 Å². The van der Waals surface area contributed by atoms with E-state index in [1.807, 2.05) is 6.26 Å². The van der Waals surface area contributed by atoms with Crippen molar-refractivity contribution in [1.29, 1.82) is 0 Å². The fourth-order valence-electron chi connectivity index (χ4n) is 1.03. The van der Waals surface area contributed by atoms with Crippen molar-refractivity contribution in [3.8, 4) is 0 Å². The van der Waals surface area contributed by atoms with Crippen LogP contribution in [0.25, 0.3) is 0 Å². The molecule has 0 aliphatic carbocycles. The van der Waals surface area contributed by atoms with Crippen LogP contribution in [0.15, 0.2) is 11.8 Å². The zero-order valence-corrected chi connectivity index (χ0v) is 6.52. The molecule has 0 amide bonds. The third-order valence-electron chi connectivity index (χ3n) is 1.61. The van der Waals surface area contributed by atoms with Gasteiger partial charge in [0.05, 0.1) is 12.9 Å². The van der Waals surface area contributed by atoms with Crippen LogP contribution >= 0.6 is 0 Å². The smallest absolute Gasteiger partial charge is 0.0876 e. The monoisotopic (exact) mass is 141 g/mol. The Morgan fingerprint density at radius 1 is 1.70 bits per heavy atom. The summed E-state index contributed by atoms with van der Waals surface area (Å²) in [6, 6.07) is 0. The number of hydrogen-bond acceptors (Lipinski definition) is 2. The second-order valence-electron chi connectivity index (χ2n) is 2.53. The number of rotatable bonds is 3. The van der Waals surface area contributed by atoms with E-state index in [1.54, 1.807) is 0 Å². The summed E-state index contributed by atoms with van der Waals surface area (Å²) in [6.45, 7) is 5.05. The zero-order chi connectivity index (χ0) is 7.23. The minimum absolute atomic E-state index is 0.898. The molecule has 1 rings (SSSR count). The van der Waals surface area contributed by atoms with Crippen LogP contribution in [0.3, 0.4) is 0 Å². The largest absolute Gasteiger partial charge is 0.501 e. The molecule has 58 valence electrons. The molecule has 0 aromatic carbocycles. The van der Waals surface area contributed by atoms with Crippen molar-refractivity contribution in [3.63, 3.8) is 0 Å². The lowest BCUT2D eigenvalue weighted by atomic mass is 10.1. The lowest BCUT2D eigenvalue weighted by molar-refractivity contribution is 0.223. The zero-order valence-electron chi connectivity index (χ0n) is 6.52. The molecule has 0 aromatic heterocycles. The molecule has 0 atom stereocenters. The van der Waals surface area contributed by atoms with E-state index >= 15 is 0 Å². The van der Waals surface area contributed by atoms with Crippen LogP contribution in [-0.2, 0) is 4.74 Å². The first-order valence-electron chi connectivity index (χ1n) is 3.93.